The summed E-state index contributed by atoms with van der Waals surface area (Å²) in [4.78, 5) is 27.0. The lowest BCUT2D eigenvalue weighted by atomic mass is 10.1. The Hall–Kier alpha value is -2.98. The highest BCUT2D eigenvalue weighted by molar-refractivity contribution is 7.92. The summed E-state index contributed by atoms with van der Waals surface area (Å²) in [6.07, 6.45) is 0.991. The molecule has 1 N–H and O–H groups in total. The van der Waals surface area contributed by atoms with Gasteiger partial charge in [-0.1, -0.05) is 29.8 Å². The van der Waals surface area contributed by atoms with Gasteiger partial charge in [-0.2, -0.15) is 0 Å². The number of rotatable bonds is 10. The standard InChI is InChI=1S/C22H28ClN3O6S/c1-15(22(28)24-2)25(13-16-8-6-7-9-18(16)23)21(27)14-26(33(5,29)30)19-11-10-17(31-3)12-20(19)32-4/h6-12,15H,13-14H2,1-5H3,(H,24,28)/t15-/m0/s1. The summed E-state index contributed by atoms with van der Waals surface area (Å²) in [5.41, 5.74) is 0.788. The Morgan fingerprint density at radius 3 is 2.33 bits per heavy atom. The number of likely N-dealkylation sites (N-methyl/N-ethyl adjacent to an activating group) is 1. The zero-order chi connectivity index (χ0) is 24.8. The highest BCUT2D eigenvalue weighted by atomic mass is 35.5. The first-order valence-corrected chi connectivity index (χ1v) is 12.2. The van der Waals surface area contributed by atoms with E-state index in [1.54, 1.807) is 37.3 Å². The Bertz CT molecular complexity index is 1110. The van der Waals surface area contributed by atoms with Crippen LogP contribution in [0.4, 0.5) is 5.69 Å². The second kappa shape index (κ2) is 11.2. The molecule has 33 heavy (non-hydrogen) atoms. The maximum absolute atomic E-state index is 13.4. The largest absolute Gasteiger partial charge is 0.497 e. The molecule has 11 heteroatoms. The molecule has 0 heterocycles. The van der Waals surface area contributed by atoms with Crippen molar-refractivity contribution in [3.8, 4) is 11.5 Å². The smallest absolute Gasteiger partial charge is 0.244 e. The Morgan fingerprint density at radius 1 is 1.12 bits per heavy atom. The van der Waals surface area contributed by atoms with Crippen molar-refractivity contribution < 1.29 is 27.5 Å². The molecule has 0 radical (unpaired) electrons. The van der Waals surface area contributed by atoms with Crippen molar-refractivity contribution in [2.24, 2.45) is 0 Å². The number of benzene rings is 2. The molecule has 9 nitrogen and oxygen atoms in total. The lowest BCUT2D eigenvalue weighted by Crippen LogP contribution is -2.50. The van der Waals surface area contributed by atoms with E-state index in [4.69, 9.17) is 21.1 Å². The molecule has 2 aromatic rings. The van der Waals surface area contributed by atoms with Crippen LogP contribution in [0.3, 0.4) is 0 Å². The van der Waals surface area contributed by atoms with Gasteiger partial charge in [0.15, 0.2) is 0 Å². The van der Waals surface area contributed by atoms with E-state index in [1.807, 2.05) is 0 Å². The Kier molecular flexibility index (Phi) is 8.95. The van der Waals surface area contributed by atoms with E-state index in [2.05, 4.69) is 5.32 Å². The SMILES string of the molecule is CNC(=O)[C@H](C)N(Cc1ccccc1Cl)C(=O)CN(c1ccc(OC)cc1OC)S(C)(=O)=O. The molecule has 180 valence electrons. The second-order valence-electron chi connectivity index (χ2n) is 7.21. The van der Waals surface area contributed by atoms with Crippen LogP contribution in [-0.2, 0) is 26.2 Å². The number of amides is 2. The molecule has 0 unspecified atom stereocenters. The van der Waals surface area contributed by atoms with Crippen LogP contribution >= 0.6 is 11.6 Å². The van der Waals surface area contributed by atoms with Crippen LogP contribution in [0, 0.1) is 0 Å². The van der Waals surface area contributed by atoms with Crippen molar-refractivity contribution in [3.63, 3.8) is 0 Å². The number of sulfonamides is 1. The van der Waals surface area contributed by atoms with Crippen LogP contribution in [0.2, 0.25) is 5.02 Å². The maximum Gasteiger partial charge on any atom is 0.244 e. The molecule has 0 spiro atoms. The number of ether oxygens (including phenoxy) is 2. The van der Waals surface area contributed by atoms with E-state index >= 15 is 0 Å². The summed E-state index contributed by atoms with van der Waals surface area (Å²) in [5.74, 6) is -0.314. The van der Waals surface area contributed by atoms with Crippen LogP contribution in [0.1, 0.15) is 12.5 Å². The predicted octanol–water partition coefficient (Wildman–Crippen LogP) is 2.29. The minimum absolute atomic E-state index is 0.0183. The first-order chi connectivity index (χ1) is 15.5. The Balaban J connectivity index is 2.47. The molecule has 0 aliphatic rings. The first kappa shape index (κ1) is 26.3. The fourth-order valence-corrected chi connectivity index (χ4v) is 4.24. The van der Waals surface area contributed by atoms with Crippen molar-refractivity contribution in [2.45, 2.75) is 19.5 Å². The van der Waals surface area contributed by atoms with Crippen molar-refractivity contribution >= 4 is 39.1 Å². The van der Waals surface area contributed by atoms with Crippen molar-refractivity contribution in [2.75, 3.05) is 38.4 Å². The number of halogens is 1. The molecule has 2 aromatic carbocycles. The third-order valence-electron chi connectivity index (χ3n) is 5.05. The number of anilines is 1. The molecule has 0 fully saturated rings. The molecule has 0 bridgehead atoms. The summed E-state index contributed by atoms with van der Waals surface area (Å²) in [5, 5.41) is 2.94. The van der Waals surface area contributed by atoms with Crippen molar-refractivity contribution in [3.05, 3.63) is 53.1 Å². The lowest BCUT2D eigenvalue weighted by Gasteiger charge is -2.31. The summed E-state index contributed by atoms with van der Waals surface area (Å²) >= 11 is 6.26. The average Bonchev–Trinajstić information content (AvgIpc) is 2.79. The van der Waals surface area contributed by atoms with Crippen LogP contribution < -0.4 is 19.1 Å². The molecular weight excluding hydrogens is 470 g/mol. The molecule has 0 aliphatic carbocycles. The molecule has 0 aliphatic heterocycles. The lowest BCUT2D eigenvalue weighted by molar-refractivity contribution is -0.139. The normalized spacial score (nSPS) is 11.9. The fraction of sp³-hybridized carbons (Fsp3) is 0.364. The molecular formula is C22H28ClN3O6S. The van der Waals surface area contributed by atoms with E-state index in [-0.39, 0.29) is 18.0 Å². The van der Waals surface area contributed by atoms with Crippen LogP contribution in [0.15, 0.2) is 42.5 Å². The van der Waals surface area contributed by atoms with Gasteiger partial charge in [-0.25, -0.2) is 8.42 Å². The maximum atomic E-state index is 13.4. The van der Waals surface area contributed by atoms with Crippen molar-refractivity contribution in [1.29, 1.82) is 0 Å². The Labute approximate surface area is 199 Å². The Morgan fingerprint density at radius 2 is 1.79 bits per heavy atom. The number of hydrogen-bond acceptors (Lipinski definition) is 6. The van der Waals surface area contributed by atoms with E-state index in [0.717, 1.165) is 10.6 Å². The zero-order valence-electron chi connectivity index (χ0n) is 19.2. The van der Waals surface area contributed by atoms with Gasteiger partial charge in [0.05, 0.1) is 26.2 Å². The van der Waals surface area contributed by atoms with Gasteiger partial charge in [-0.15, -0.1) is 0 Å². The zero-order valence-corrected chi connectivity index (χ0v) is 20.7. The summed E-state index contributed by atoms with van der Waals surface area (Å²) in [6.45, 7) is 1.03. The average molecular weight is 498 g/mol. The van der Waals surface area contributed by atoms with Gasteiger partial charge < -0.3 is 19.7 Å². The van der Waals surface area contributed by atoms with Gasteiger partial charge in [0.1, 0.15) is 24.1 Å². The van der Waals surface area contributed by atoms with Gasteiger partial charge in [0, 0.05) is 24.7 Å². The molecule has 2 amide bonds. The first-order valence-electron chi connectivity index (χ1n) is 9.97. The quantitative estimate of drug-likeness (QED) is 0.540. The summed E-state index contributed by atoms with van der Waals surface area (Å²) in [6, 6.07) is 10.6. The molecule has 0 saturated carbocycles. The van der Waals surface area contributed by atoms with Crippen LogP contribution in [0.5, 0.6) is 11.5 Å². The molecule has 0 aromatic heterocycles. The molecule has 0 saturated heterocycles. The minimum atomic E-state index is -3.89. The number of nitrogens with one attached hydrogen (secondary N) is 1. The minimum Gasteiger partial charge on any atom is -0.497 e. The topological polar surface area (TPSA) is 105 Å². The van der Waals surface area contributed by atoms with Gasteiger partial charge in [-0.3, -0.25) is 13.9 Å². The number of nitrogens with zero attached hydrogens (tertiary/aromatic N) is 2. The third-order valence-corrected chi connectivity index (χ3v) is 6.54. The molecule has 1 atom stereocenters. The molecule has 2 rings (SSSR count). The van der Waals surface area contributed by atoms with Crippen LogP contribution in [0.25, 0.3) is 0 Å². The number of carbonyl (C=O) groups is 2. The fourth-order valence-electron chi connectivity index (χ4n) is 3.19. The van der Waals surface area contributed by atoms with E-state index in [0.29, 0.717) is 16.3 Å². The highest BCUT2D eigenvalue weighted by Crippen LogP contribution is 2.33. The van der Waals surface area contributed by atoms with E-state index < -0.39 is 34.4 Å². The van der Waals surface area contributed by atoms with Crippen LogP contribution in [-0.4, -0.2) is 65.2 Å². The second-order valence-corrected chi connectivity index (χ2v) is 9.52. The number of hydrogen-bond donors (Lipinski definition) is 1. The number of methoxy groups -OCH3 is 2. The van der Waals surface area contributed by atoms with Gasteiger partial charge in [-0.05, 0) is 30.7 Å². The highest BCUT2D eigenvalue weighted by Gasteiger charge is 2.31. The van der Waals surface area contributed by atoms with E-state index in [1.165, 1.54) is 38.3 Å². The summed E-state index contributed by atoms with van der Waals surface area (Å²) in [7, 11) is 0.426. The third kappa shape index (κ3) is 6.52. The monoisotopic (exact) mass is 497 g/mol. The van der Waals surface area contributed by atoms with Gasteiger partial charge in [0.25, 0.3) is 0 Å². The van der Waals surface area contributed by atoms with Gasteiger partial charge >= 0.3 is 0 Å². The summed E-state index contributed by atoms with van der Waals surface area (Å²) < 4.78 is 36.7. The predicted molar refractivity (Wildman–Crippen MR) is 127 cm³/mol. The van der Waals surface area contributed by atoms with Crippen molar-refractivity contribution in [1.82, 2.24) is 10.2 Å². The van der Waals surface area contributed by atoms with E-state index in [9.17, 15) is 18.0 Å². The number of carbonyl (C=O) groups excluding carboxylic acids is 2. The van der Waals surface area contributed by atoms with Gasteiger partial charge in [0.2, 0.25) is 21.8 Å².